The van der Waals surface area contributed by atoms with Gasteiger partial charge in [0.25, 0.3) is 10.0 Å². The first-order chi connectivity index (χ1) is 20.0. The van der Waals surface area contributed by atoms with Gasteiger partial charge in [0, 0.05) is 13.1 Å². The zero-order chi connectivity index (χ0) is 30.9. The van der Waals surface area contributed by atoms with E-state index in [1.165, 1.54) is 29.2 Å². The van der Waals surface area contributed by atoms with Gasteiger partial charge in [0.05, 0.1) is 17.2 Å². The summed E-state index contributed by atoms with van der Waals surface area (Å²) in [6, 6.07) is 17.6. The number of benzene rings is 3. The smallest absolute Gasteiger partial charge is 0.264 e. The molecule has 0 spiro atoms. The predicted octanol–water partition coefficient (Wildman–Crippen LogP) is 5.31. The molecule has 0 fully saturated rings. The summed E-state index contributed by atoms with van der Waals surface area (Å²) in [5.41, 5.74) is 1.77. The van der Waals surface area contributed by atoms with Crippen LogP contribution in [0.3, 0.4) is 0 Å². The fraction of sp³-hybridized carbons (Fsp3) is 0.375. The van der Waals surface area contributed by atoms with Crippen LogP contribution in [0.15, 0.2) is 77.7 Å². The van der Waals surface area contributed by atoms with E-state index in [1.54, 1.807) is 55.5 Å². The number of hydrogen-bond acceptors (Lipinski definition) is 5. The van der Waals surface area contributed by atoms with Gasteiger partial charge in [-0.1, -0.05) is 50.6 Å². The van der Waals surface area contributed by atoms with Gasteiger partial charge in [-0.2, -0.15) is 0 Å². The normalized spacial score (nSPS) is 12.1. The van der Waals surface area contributed by atoms with Gasteiger partial charge in [-0.25, -0.2) is 12.8 Å². The average Bonchev–Trinajstić information content (AvgIpc) is 2.96. The maximum atomic E-state index is 14.1. The summed E-state index contributed by atoms with van der Waals surface area (Å²) in [5.74, 6) is -0.580. The number of aryl methyl sites for hydroxylation is 1. The van der Waals surface area contributed by atoms with Crippen LogP contribution in [0.25, 0.3) is 0 Å². The molecule has 0 heterocycles. The zero-order valence-corrected chi connectivity index (χ0v) is 25.7. The zero-order valence-electron chi connectivity index (χ0n) is 24.8. The van der Waals surface area contributed by atoms with E-state index < -0.39 is 34.3 Å². The molecule has 0 aliphatic rings. The third-order valence-corrected chi connectivity index (χ3v) is 8.45. The first-order valence-corrected chi connectivity index (χ1v) is 15.5. The SMILES string of the molecule is CCOc1ccc(N(CC(=O)N(Cc2ccc(F)cc2)[C@H](CC)C(=O)NCC(C)C)S(=O)(=O)c2ccc(C)cc2)cc1. The van der Waals surface area contributed by atoms with Crippen molar-refractivity contribution in [3.05, 3.63) is 89.7 Å². The number of amides is 2. The van der Waals surface area contributed by atoms with Crippen molar-refractivity contribution in [2.75, 3.05) is 24.0 Å². The highest BCUT2D eigenvalue weighted by atomic mass is 32.2. The third-order valence-electron chi connectivity index (χ3n) is 6.66. The first kappa shape index (κ1) is 32.6. The first-order valence-electron chi connectivity index (χ1n) is 14.1. The quantitative estimate of drug-likeness (QED) is 0.272. The van der Waals surface area contributed by atoms with Crippen molar-refractivity contribution in [3.8, 4) is 5.75 Å². The summed E-state index contributed by atoms with van der Waals surface area (Å²) in [6.45, 7) is 9.73. The van der Waals surface area contributed by atoms with Crippen molar-refractivity contribution in [2.24, 2.45) is 5.92 Å². The van der Waals surface area contributed by atoms with Crippen molar-refractivity contribution in [3.63, 3.8) is 0 Å². The molecule has 3 aromatic carbocycles. The van der Waals surface area contributed by atoms with Gasteiger partial charge in [0.1, 0.15) is 24.2 Å². The van der Waals surface area contributed by atoms with Crippen LogP contribution in [-0.2, 0) is 26.2 Å². The van der Waals surface area contributed by atoms with Crippen LogP contribution in [0.2, 0.25) is 0 Å². The fourth-order valence-corrected chi connectivity index (χ4v) is 5.78. The molecule has 0 bridgehead atoms. The molecule has 0 aliphatic carbocycles. The Balaban J connectivity index is 2.04. The largest absolute Gasteiger partial charge is 0.494 e. The number of sulfonamides is 1. The Bertz CT molecular complexity index is 1430. The maximum absolute atomic E-state index is 14.1. The molecule has 3 rings (SSSR count). The Morgan fingerprint density at radius 2 is 1.55 bits per heavy atom. The Morgan fingerprint density at radius 3 is 2.10 bits per heavy atom. The van der Waals surface area contributed by atoms with Crippen LogP contribution < -0.4 is 14.4 Å². The number of hydrogen-bond donors (Lipinski definition) is 1. The lowest BCUT2D eigenvalue weighted by atomic mass is 10.1. The Morgan fingerprint density at radius 1 is 0.929 bits per heavy atom. The van der Waals surface area contributed by atoms with Crippen molar-refractivity contribution < 1.29 is 27.1 Å². The minimum Gasteiger partial charge on any atom is -0.494 e. The van der Waals surface area contributed by atoms with Crippen LogP contribution in [0.1, 0.15) is 45.2 Å². The molecule has 226 valence electrons. The molecule has 42 heavy (non-hydrogen) atoms. The fourth-order valence-electron chi connectivity index (χ4n) is 4.37. The third kappa shape index (κ3) is 8.55. The number of ether oxygens (including phenoxy) is 1. The highest BCUT2D eigenvalue weighted by Gasteiger charge is 2.33. The van der Waals surface area contributed by atoms with Gasteiger partial charge in [-0.05, 0) is 80.3 Å². The predicted molar refractivity (Wildman–Crippen MR) is 162 cm³/mol. The van der Waals surface area contributed by atoms with E-state index in [2.05, 4.69) is 5.32 Å². The number of carbonyl (C=O) groups is 2. The molecular formula is C32H40FN3O5S. The van der Waals surface area contributed by atoms with Crippen LogP contribution in [0.4, 0.5) is 10.1 Å². The molecule has 8 nitrogen and oxygen atoms in total. The van der Waals surface area contributed by atoms with E-state index in [4.69, 9.17) is 4.74 Å². The number of nitrogens with one attached hydrogen (secondary N) is 1. The van der Waals surface area contributed by atoms with Crippen LogP contribution >= 0.6 is 0 Å². The number of nitrogens with zero attached hydrogens (tertiary/aromatic N) is 2. The van der Waals surface area contributed by atoms with Crippen molar-refractivity contribution in [1.82, 2.24) is 10.2 Å². The van der Waals surface area contributed by atoms with E-state index >= 15 is 0 Å². The molecule has 0 saturated carbocycles. The van der Waals surface area contributed by atoms with Crippen molar-refractivity contribution in [2.45, 2.75) is 58.5 Å². The lowest BCUT2D eigenvalue weighted by Crippen LogP contribution is -2.52. The average molecular weight is 598 g/mol. The van der Waals surface area contributed by atoms with Crippen LogP contribution in [0, 0.1) is 18.7 Å². The molecule has 0 aliphatic heterocycles. The second-order valence-corrected chi connectivity index (χ2v) is 12.3. The molecule has 3 aromatic rings. The highest BCUT2D eigenvalue weighted by Crippen LogP contribution is 2.27. The van der Waals surface area contributed by atoms with Crippen molar-refractivity contribution >= 4 is 27.5 Å². The molecule has 0 unspecified atom stereocenters. The number of rotatable bonds is 14. The monoisotopic (exact) mass is 597 g/mol. The summed E-state index contributed by atoms with van der Waals surface area (Å²) in [6.07, 6.45) is 0.296. The molecule has 2 amide bonds. The molecule has 0 radical (unpaired) electrons. The van der Waals surface area contributed by atoms with E-state index in [9.17, 15) is 22.4 Å². The Hall–Kier alpha value is -3.92. The van der Waals surface area contributed by atoms with E-state index in [-0.39, 0.29) is 29.0 Å². The molecule has 1 N–H and O–H groups in total. The van der Waals surface area contributed by atoms with E-state index in [1.807, 2.05) is 27.7 Å². The Labute approximate surface area is 248 Å². The lowest BCUT2D eigenvalue weighted by molar-refractivity contribution is -0.140. The molecule has 0 aromatic heterocycles. The molecule has 0 saturated heterocycles. The van der Waals surface area contributed by atoms with Gasteiger partial charge >= 0.3 is 0 Å². The van der Waals surface area contributed by atoms with Gasteiger partial charge in [-0.15, -0.1) is 0 Å². The second-order valence-electron chi connectivity index (χ2n) is 10.5. The van der Waals surface area contributed by atoms with Crippen molar-refractivity contribution in [1.29, 1.82) is 0 Å². The minimum absolute atomic E-state index is 0.00554. The molecule has 1 atom stereocenters. The van der Waals surface area contributed by atoms with E-state index in [0.717, 1.165) is 9.87 Å². The standard InChI is InChI=1S/C32H40FN3O5S/c1-6-30(32(38)34-20-23(3)4)35(21-25-10-12-26(33)13-11-25)31(37)22-36(27-14-16-28(17-15-27)41-7-2)42(39,40)29-18-8-24(5)9-19-29/h8-19,23,30H,6-7,20-22H2,1-5H3,(H,34,38)/t30-/m1/s1. The second kappa shape index (κ2) is 14.8. The van der Waals surface area contributed by atoms with E-state index in [0.29, 0.717) is 30.9 Å². The number of halogens is 1. The molecular weight excluding hydrogens is 557 g/mol. The topological polar surface area (TPSA) is 96.0 Å². The van der Waals surface area contributed by atoms with Crippen LogP contribution in [-0.4, -0.2) is 50.9 Å². The summed E-state index contributed by atoms with van der Waals surface area (Å²) in [4.78, 5) is 28.7. The number of carbonyl (C=O) groups excluding carboxylic acids is 2. The summed E-state index contributed by atoms with van der Waals surface area (Å²) in [7, 11) is -4.18. The highest BCUT2D eigenvalue weighted by molar-refractivity contribution is 7.92. The van der Waals surface area contributed by atoms with Gasteiger partial charge < -0.3 is 15.0 Å². The van der Waals surface area contributed by atoms with Crippen LogP contribution in [0.5, 0.6) is 5.75 Å². The summed E-state index contributed by atoms with van der Waals surface area (Å²) >= 11 is 0. The number of anilines is 1. The minimum atomic E-state index is -4.18. The lowest BCUT2D eigenvalue weighted by Gasteiger charge is -2.33. The van der Waals surface area contributed by atoms with Gasteiger partial charge in [-0.3, -0.25) is 13.9 Å². The summed E-state index contributed by atoms with van der Waals surface area (Å²) in [5, 5.41) is 2.89. The van der Waals surface area contributed by atoms with Gasteiger partial charge in [0.15, 0.2) is 0 Å². The Kier molecular flexibility index (Phi) is 11.5. The maximum Gasteiger partial charge on any atom is 0.264 e. The van der Waals surface area contributed by atoms with Gasteiger partial charge in [0.2, 0.25) is 11.8 Å². The molecule has 10 heteroatoms. The summed E-state index contributed by atoms with van der Waals surface area (Å²) < 4.78 is 48.1.